The fraction of sp³-hybridized carbons (Fsp3) is 0.0189. The number of benzene rings is 9. The van der Waals surface area contributed by atoms with E-state index in [1.165, 1.54) is 55.3 Å². The number of hydrogen-bond acceptors (Lipinski definition) is 2. The van der Waals surface area contributed by atoms with Crippen LogP contribution in [0.5, 0.6) is 11.5 Å². The number of nitrogens with zero attached hydrogens (tertiary/aromatic N) is 1. The van der Waals surface area contributed by atoms with Crippen molar-refractivity contribution in [2.45, 2.75) is 5.41 Å². The topological polar surface area (TPSA) is 12.5 Å². The van der Waals surface area contributed by atoms with Crippen molar-refractivity contribution in [1.29, 1.82) is 0 Å². The van der Waals surface area contributed by atoms with Crippen LogP contribution in [0.25, 0.3) is 44.2 Å². The maximum Gasteiger partial charge on any atom is 0.132 e. The second-order valence-electron chi connectivity index (χ2n) is 14.5. The molecule has 1 heterocycles. The molecular weight excluding hydrogens is 667 g/mol. The Morgan fingerprint density at radius 1 is 0.309 bits per heavy atom. The zero-order valence-electron chi connectivity index (χ0n) is 30.1. The summed E-state index contributed by atoms with van der Waals surface area (Å²) in [7, 11) is 0. The van der Waals surface area contributed by atoms with Gasteiger partial charge >= 0.3 is 0 Å². The number of para-hydroxylation sites is 2. The zero-order chi connectivity index (χ0) is 36.3. The summed E-state index contributed by atoms with van der Waals surface area (Å²) < 4.78 is 6.68. The van der Waals surface area contributed by atoms with E-state index < -0.39 is 5.41 Å². The summed E-state index contributed by atoms with van der Waals surface area (Å²) in [6.07, 6.45) is 0. The van der Waals surface area contributed by atoms with Gasteiger partial charge in [-0.3, -0.25) is 0 Å². The molecule has 1 spiro atoms. The molecule has 2 nitrogen and oxygen atoms in total. The molecule has 9 aromatic rings. The van der Waals surface area contributed by atoms with Gasteiger partial charge in [0, 0.05) is 28.2 Å². The molecule has 0 fully saturated rings. The molecule has 1 aliphatic carbocycles. The Kier molecular flexibility index (Phi) is 7.11. The van der Waals surface area contributed by atoms with E-state index in [2.05, 4.69) is 217 Å². The Balaban J connectivity index is 0.995. The van der Waals surface area contributed by atoms with Crippen LogP contribution in [0.3, 0.4) is 0 Å². The summed E-state index contributed by atoms with van der Waals surface area (Å²) in [6.45, 7) is 0. The highest BCUT2D eigenvalue weighted by atomic mass is 16.5. The highest BCUT2D eigenvalue weighted by Crippen LogP contribution is 2.62. The van der Waals surface area contributed by atoms with Crippen LogP contribution >= 0.6 is 0 Å². The van der Waals surface area contributed by atoms with Crippen molar-refractivity contribution < 1.29 is 4.74 Å². The first-order valence-electron chi connectivity index (χ1n) is 18.9. The quantitative estimate of drug-likeness (QED) is 0.177. The minimum Gasteiger partial charge on any atom is -0.457 e. The van der Waals surface area contributed by atoms with E-state index in [0.717, 1.165) is 39.7 Å². The van der Waals surface area contributed by atoms with Crippen LogP contribution in [0.4, 0.5) is 17.1 Å². The highest BCUT2D eigenvalue weighted by Gasteiger charge is 2.51. The molecule has 55 heavy (non-hydrogen) atoms. The number of fused-ring (bicyclic) bond motifs is 10. The third kappa shape index (κ3) is 4.89. The first kappa shape index (κ1) is 31.4. The predicted molar refractivity (Wildman–Crippen MR) is 227 cm³/mol. The minimum absolute atomic E-state index is 0.490. The maximum absolute atomic E-state index is 6.68. The van der Waals surface area contributed by atoms with Gasteiger partial charge in [-0.15, -0.1) is 0 Å². The van der Waals surface area contributed by atoms with Crippen molar-refractivity contribution in [1.82, 2.24) is 0 Å². The van der Waals surface area contributed by atoms with Crippen LogP contribution in [0.2, 0.25) is 0 Å². The van der Waals surface area contributed by atoms with Crippen LogP contribution in [0, 0.1) is 0 Å². The minimum atomic E-state index is -0.490. The van der Waals surface area contributed by atoms with Gasteiger partial charge in [0.1, 0.15) is 11.5 Å². The molecule has 1 aliphatic heterocycles. The average Bonchev–Trinajstić information content (AvgIpc) is 3.55. The Morgan fingerprint density at radius 3 is 1.45 bits per heavy atom. The van der Waals surface area contributed by atoms with E-state index in [9.17, 15) is 0 Å². The van der Waals surface area contributed by atoms with Gasteiger partial charge < -0.3 is 9.64 Å². The standard InChI is InChI=1S/C53H35NO/c1-2-14-42(15-3-1)54(43-29-24-37(25-30-43)40-23-22-36-12-4-5-13-39(36)34-40)44-31-26-38(27-32-44)41-28-33-52-50(35-41)53(49-20-10-11-21-51(49)55-52)47-18-8-6-16-45(47)46-17-7-9-19-48(46)53/h1-35H. The Labute approximate surface area is 321 Å². The molecule has 2 aliphatic rings. The molecular formula is C53H35NO. The maximum atomic E-state index is 6.68. The molecule has 0 saturated heterocycles. The van der Waals surface area contributed by atoms with Crippen molar-refractivity contribution in [3.63, 3.8) is 0 Å². The van der Waals surface area contributed by atoms with Crippen LogP contribution in [-0.4, -0.2) is 0 Å². The summed E-state index contributed by atoms with van der Waals surface area (Å²) >= 11 is 0. The summed E-state index contributed by atoms with van der Waals surface area (Å²) in [5.74, 6) is 1.80. The summed E-state index contributed by atoms with van der Waals surface area (Å²) in [6, 6.07) is 76.7. The van der Waals surface area contributed by atoms with Gasteiger partial charge in [-0.25, -0.2) is 0 Å². The van der Waals surface area contributed by atoms with Gasteiger partial charge in [-0.1, -0.05) is 152 Å². The number of hydrogen-bond donors (Lipinski definition) is 0. The van der Waals surface area contributed by atoms with Crippen LogP contribution in [0.1, 0.15) is 22.3 Å². The Hall–Kier alpha value is -7.16. The van der Waals surface area contributed by atoms with E-state index >= 15 is 0 Å². The molecule has 0 N–H and O–H groups in total. The van der Waals surface area contributed by atoms with Gasteiger partial charge in [0.15, 0.2) is 0 Å². The fourth-order valence-electron chi connectivity index (χ4n) is 9.04. The molecule has 9 aromatic carbocycles. The van der Waals surface area contributed by atoms with E-state index in [1.54, 1.807) is 0 Å². The molecule has 0 unspecified atom stereocenters. The van der Waals surface area contributed by atoms with Gasteiger partial charge in [-0.2, -0.15) is 0 Å². The van der Waals surface area contributed by atoms with Crippen molar-refractivity contribution in [2.24, 2.45) is 0 Å². The number of rotatable bonds is 5. The van der Waals surface area contributed by atoms with E-state index in [-0.39, 0.29) is 0 Å². The van der Waals surface area contributed by atoms with Crippen LogP contribution < -0.4 is 9.64 Å². The number of ether oxygens (including phenoxy) is 1. The van der Waals surface area contributed by atoms with Crippen molar-refractivity contribution in [2.75, 3.05) is 4.90 Å². The molecule has 258 valence electrons. The van der Waals surface area contributed by atoms with Crippen molar-refractivity contribution >= 4 is 27.8 Å². The summed E-state index contributed by atoms with van der Waals surface area (Å²) in [4.78, 5) is 2.33. The first-order chi connectivity index (χ1) is 27.3. The lowest BCUT2D eigenvalue weighted by Gasteiger charge is -2.39. The Morgan fingerprint density at radius 2 is 0.782 bits per heavy atom. The van der Waals surface area contributed by atoms with Gasteiger partial charge in [-0.05, 0) is 116 Å². The summed E-state index contributed by atoms with van der Waals surface area (Å²) in [5.41, 5.74) is 15.0. The molecule has 0 aromatic heterocycles. The molecule has 0 saturated carbocycles. The third-order valence-corrected chi connectivity index (χ3v) is 11.5. The molecule has 0 radical (unpaired) electrons. The van der Waals surface area contributed by atoms with E-state index in [4.69, 9.17) is 4.74 Å². The molecule has 0 bridgehead atoms. The predicted octanol–water partition coefficient (Wildman–Crippen LogP) is 14.1. The monoisotopic (exact) mass is 701 g/mol. The van der Waals surface area contributed by atoms with E-state index in [1.807, 2.05) is 0 Å². The smallest absolute Gasteiger partial charge is 0.132 e. The van der Waals surface area contributed by atoms with Gasteiger partial charge in [0.2, 0.25) is 0 Å². The zero-order valence-corrected chi connectivity index (χ0v) is 30.1. The SMILES string of the molecule is c1ccc(N(c2ccc(-c3ccc4c(c3)C3(c5ccccc5O4)c4ccccc4-c4ccccc43)cc2)c2ccc(-c3ccc4ccccc4c3)cc2)cc1. The Bertz CT molecular complexity index is 2850. The fourth-order valence-corrected chi connectivity index (χ4v) is 9.04. The molecule has 0 atom stereocenters. The highest BCUT2D eigenvalue weighted by molar-refractivity contribution is 5.90. The lowest BCUT2D eigenvalue weighted by molar-refractivity contribution is 0.436. The van der Waals surface area contributed by atoms with Crippen molar-refractivity contribution in [3.8, 4) is 44.9 Å². The number of anilines is 3. The lowest BCUT2D eigenvalue weighted by Crippen LogP contribution is -2.32. The summed E-state index contributed by atoms with van der Waals surface area (Å²) in [5, 5.41) is 2.50. The van der Waals surface area contributed by atoms with Crippen LogP contribution in [0.15, 0.2) is 212 Å². The van der Waals surface area contributed by atoms with Crippen LogP contribution in [-0.2, 0) is 5.41 Å². The molecule has 0 amide bonds. The van der Waals surface area contributed by atoms with E-state index in [0.29, 0.717) is 0 Å². The van der Waals surface area contributed by atoms with Gasteiger partial charge in [0.05, 0.1) is 5.41 Å². The normalized spacial score (nSPS) is 13.0. The third-order valence-electron chi connectivity index (χ3n) is 11.5. The second-order valence-corrected chi connectivity index (χ2v) is 14.5. The van der Waals surface area contributed by atoms with Gasteiger partial charge in [0.25, 0.3) is 0 Å². The largest absolute Gasteiger partial charge is 0.457 e. The molecule has 2 heteroatoms. The average molecular weight is 702 g/mol. The molecule has 11 rings (SSSR count). The first-order valence-corrected chi connectivity index (χ1v) is 18.9. The second kappa shape index (κ2) is 12.5. The lowest BCUT2D eigenvalue weighted by atomic mass is 9.66. The van der Waals surface area contributed by atoms with Crippen molar-refractivity contribution in [3.05, 3.63) is 235 Å².